The number of amides is 2. The van der Waals surface area contributed by atoms with Gasteiger partial charge in [0.1, 0.15) is 5.75 Å². The number of ether oxygens (including phenoxy) is 2. The smallest absolute Gasteiger partial charge is 0.320 e. The second-order valence-electron chi connectivity index (χ2n) is 5.63. The number of morpholine rings is 1. The first-order valence-electron chi connectivity index (χ1n) is 7.34. The SMILES string of the molecule is Cc1cccc(OCNC(=O)N2CC(C)OC(C)C2)c1C. The van der Waals surface area contributed by atoms with Gasteiger partial charge in [-0.25, -0.2) is 4.79 Å². The molecule has 1 aliphatic rings. The predicted octanol–water partition coefficient (Wildman–Crippen LogP) is 2.46. The van der Waals surface area contributed by atoms with E-state index in [9.17, 15) is 4.79 Å². The Morgan fingerprint density at radius 2 is 2.00 bits per heavy atom. The normalized spacial score (nSPS) is 22.0. The maximum absolute atomic E-state index is 12.1. The van der Waals surface area contributed by atoms with E-state index in [1.54, 1.807) is 4.90 Å². The van der Waals surface area contributed by atoms with Crippen LogP contribution in [0.5, 0.6) is 5.75 Å². The van der Waals surface area contributed by atoms with Gasteiger partial charge in [0.2, 0.25) is 0 Å². The summed E-state index contributed by atoms with van der Waals surface area (Å²) in [5, 5.41) is 2.80. The van der Waals surface area contributed by atoms with E-state index >= 15 is 0 Å². The van der Waals surface area contributed by atoms with E-state index in [1.165, 1.54) is 5.56 Å². The van der Waals surface area contributed by atoms with E-state index < -0.39 is 0 Å². The quantitative estimate of drug-likeness (QED) is 0.871. The van der Waals surface area contributed by atoms with Gasteiger partial charge >= 0.3 is 6.03 Å². The third-order valence-electron chi connectivity index (χ3n) is 3.71. The third kappa shape index (κ3) is 4.11. The van der Waals surface area contributed by atoms with E-state index in [-0.39, 0.29) is 25.0 Å². The van der Waals surface area contributed by atoms with Gasteiger partial charge in [0, 0.05) is 13.1 Å². The summed E-state index contributed by atoms with van der Waals surface area (Å²) in [6.07, 6.45) is 0.138. The number of hydrogen-bond donors (Lipinski definition) is 1. The molecule has 1 N–H and O–H groups in total. The number of rotatable bonds is 3. The minimum atomic E-state index is -0.109. The van der Waals surface area contributed by atoms with Crippen molar-refractivity contribution in [2.75, 3.05) is 19.8 Å². The van der Waals surface area contributed by atoms with Gasteiger partial charge < -0.3 is 19.7 Å². The molecule has 2 unspecified atom stereocenters. The molecule has 0 aromatic heterocycles. The first kappa shape index (κ1) is 15.6. The lowest BCUT2D eigenvalue weighted by molar-refractivity contribution is -0.0548. The summed E-state index contributed by atoms with van der Waals surface area (Å²) >= 11 is 0. The number of benzene rings is 1. The second-order valence-corrected chi connectivity index (χ2v) is 5.63. The van der Waals surface area contributed by atoms with Crippen LogP contribution in [-0.4, -0.2) is 43.0 Å². The zero-order chi connectivity index (χ0) is 15.4. The van der Waals surface area contributed by atoms with Crippen molar-refractivity contribution < 1.29 is 14.3 Å². The maximum atomic E-state index is 12.1. The van der Waals surface area contributed by atoms with Crippen molar-refractivity contribution >= 4 is 6.03 Å². The lowest BCUT2D eigenvalue weighted by Crippen LogP contribution is -2.52. The highest BCUT2D eigenvalue weighted by Crippen LogP contribution is 2.20. The van der Waals surface area contributed by atoms with Gasteiger partial charge in [0.25, 0.3) is 0 Å². The fraction of sp³-hybridized carbons (Fsp3) is 0.562. The van der Waals surface area contributed by atoms with Gasteiger partial charge in [0.15, 0.2) is 6.73 Å². The number of hydrogen-bond acceptors (Lipinski definition) is 3. The van der Waals surface area contributed by atoms with Crippen molar-refractivity contribution in [2.45, 2.75) is 39.9 Å². The summed E-state index contributed by atoms with van der Waals surface area (Å²) in [5.41, 5.74) is 2.27. The van der Waals surface area contributed by atoms with E-state index in [2.05, 4.69) is 5.32 Å². The molecule has 1 saturated heterocycles. The highest BCUT2D eigenvalue weighted by atomic mass is 16.5. The lowest BCUT2D eigenvalue weighted by Gasteiger charge is -2.35. The summed E-state index contributed by atoms with van der Waals surface area (Å²) in [7, 11) is 0. The van der Waals surface area contributed by atoms with E-state index in [0.717, 1.165) is 11.3 Å². The molecule has 1 aromatic carbocycles. The Morgan fingerprint density at radius 3 is 2.67 bits per heavy atom. The summed E-state index contributed by atoms with van der Waals surface area (Å²) < 4.78 is 11.3. The molecule has 5 heteroatoms. The first-order chi connectivity index (χ1) is 9.97. The Morgan fingerprint density at radius 1 is 1.33 bits per heavy atom. The van der Waals surface area contributed by atoms with Crippen LogP contribution in [0.4, 0.5) is 4.79 Å². The molecule has 1 heterocycles. The Bertz CT molecular complexity index is 494. The van der Waals surface area contributed by atoms with Crippen molar-refractivity contribution in [3.63, 3.8) is 0 Å². The van der Waals surface area contributed by atoms with Crippen LogP contribution in [0.3, 0.4) is 0 Å². The van der Waals surface area contributed by atoms with Crippen LogP contribution >= 0.6 is 0 Å². The fourth-order valence-electron chi connectivity index (χ4n) is 2.51. The predicted molar refractivity (Wildman–Crippen MR) is 81.5 cm³/mol. The molecule has 0 spiro atoms. The topological polar surface area (TPSA) is 50.8 Å². The van der Waals surface area contributed by atoms with Gasteiger partial charge in [-0.05, 0) is 44.9 Å². The van der Waals surface area contributed by atoms with Crippen LogP contribution in [0.25, 0.3) is 0 Å². The Balaban J connectivity index is 1.83. The van der Waals surface area contributed by atoms with Crippen LogP contribution in [0.1, 0.15) is 25.0 Å². The van der Waals surface area contributed by atoms with Crippen LogP contribution in [0, 0.1) is 13.8 Å². The van der Waals surface area contributed by atoms with Gasteiger partial charge in [-0.3, -0.25) is 0 Å². The van der Waals surface area contributed by atoms with Crippen LogP contribution in [0.2, 0.25) is 0 Å². The lowest BCUT2D eigenvalue weighted by atomic mass is 10.1. The number of urea groups is 1. The van der Waals surface area contributed by atoms with Crippen molar-refractivity contribution in [3.05, 3.63) is 29.3 Å². The summed E-state index contributed by atoms with van der Waals surface area (Å²) in [6.45, 7) is 9.39. The number of nitrogens with one attached hydrogen (secondary N) is 1. The largest absolute Gasteiger partial charge is 0.473 e. The standard InChI is InChI=1S/C16H24N2O3/c1-11-6-5-7-15(14(11)4)20-10-17-16(19)18-8-12(2)21-13(3)9-18/h5-7,12-13H,8-10H2,1-4H3,(H,17,19). The zero-order valence-electron chi connectivity index (χ0n) is 13.2. The zero-order valence-corrected chi connectivity index (χ0v) is 13.2. The fourth-order valence-corrected chi connectivity index (χ4v) is 2.51. The molecule has 1 fully saturated rings. The molecule has 116 valence electrons. The van der Waals surface area contributed by atoms with Crippen molar-refractivity contribution in [1.29, 1.82) is 0 Å². The molecule has 5 nitrogen and oxygen atoms in total. The van der Waals surface area contributed by atoms with Crippen molar-refractivity contribution in [1.82, 2.24) is 10.2 Å². The van der Waals surface area contributed by atoms with Crippen molar-refractivity contribution in [3.8, 4) is 5.75 Å². The van der Waals surface area contributed by atoms with Crippen molar-refractivity contribution in [2.24, 2.45) is 0 Å². The van der Waals surface area contributed by atoms with E-state index in [0.29, 0.717) is 13.1 Å². The molecular weight excluding hydrogens is 268 g/mol. The van der Waals surface area contributed by atoms with E-state index in [4.69, 9.17) is 9.47 Å². The number of nitrogens with zero attached hydrogens (tertiary/aromatic N) is 1. The maximum Gasteiger partial charge on any atom is 0.320 e. The number of aryl methyl sites for hydroxylation is 1. The second kappa shape index (κ2) is 6.80. The number of carbonyl (C=O) groups excluding carboxylic acids is 1. The highest BCUT2D eigenvalue weighted by Gasteiger charge is 2.25. The summed E-state index contributed by atoms with van der Waals surface area (Å²) in [6, 6.07) is 5.79. The number of carbonyl (C=O) groups is 1. The molecule has 2 atom stereocenters. The van der Waals surface area contributed by atoms with Crippen LogP contribution in [0.15, 0.2) is 18.2 Å². The summed E-state index contributed by atoms with van der Waals surface area (Å²) in [5.74, 6) is 0.805. The minimum absolute atomic E-state index is 0.0689. The van der Waals surface area contributed by atoms with Gasteiger partial charge in [-0.2, -0.15) is 0 Å². The van der Waals surface area contributed by atoms with Crippen LogP contribution < -0.4 is 10.1 Å². The molecule has 1 aromatic rings. The molecule has 2 amide bonds. The van der Waals surface area contributed by atoms with Gasteiger partial charge in [-0.15, -0.1) is 0 Å². The molecule has 0 saturated carbocycles. The molecule has 21 heavy (non-hydrogen) atoms. The van der Waals surface area contributed by atoms with Gasteiger partial charge in [0.05, 0.1) is 12.2 Å². The molecule has 1 aliphatic heterocycles. The Kier molecular flexibility index (Phi) is 5.07. The Labute approximate surface area is 126 Å². The minimum Gasteiger partial charge on any atom is -0.473 e. The monoisotopic (exact) mass is 292 g/mol. The third-order valence-corrected chi connectivity index (χ3v) is 3.71. The molecular formula is C16H24N2O3. The first-order valence-corrected chi connectivity index (χ1v) is 7.34. The average molecular weight is 292 g/mol. The van der Waals surface area contributed by atoms with Crippen LogP contribution in [-0.2, 0) is 4.74 Å². The average Bonchev–Trinajstić information content (AvgIpc) is 2.42. The molecule has 0 aliphatic carbocycles. The molecule has 0 radical (unpaired) electrons. The highest BCUT2D eigenvalue weighted by molar-refractivity contribution is 5.74. The molecule has 2 rings (SSSR count). The Hall–Kier alpha value is -1.75. The molecule has 0 bridgehead atoms. The summed E-state index contributed by atoms with van der Waals surface area (Å²) in [4.78, 5) is 13.9. The van der Waals surface area contributed by atoms with E-state index in [1.807, 2.05) is 45.9 Å². The van der Waals surface area contributed by atoms with Gasteiger partial charge in [-0.1, -0.05) is 12.1 Å².